The number of benzene rings is 1. The minimum atomic E-state index is 0.570. The van der Waals surface area contributed by atoms with E-state index in [9.17, 15) is 0 Å². The van der Waals surface area contributed by atoms with Crippen LogP contribution in [0.5, 0.6) is 5.75 Å². The number of nitrogens with one attached hydrogen (secondary N) is 1. The molecule has 1 N–H and O–H groups in total. The maximum absolute atomic E-state index is 8.98. The third-order valence-electron chi connectivity index (χ3n) is 2.59. The minimum Gasteiger partial charge on any atom is -0.495 e. The van der Waals surface area contributed by atoms with Gasteiger partial charge in [-0.2, -0.15) is 5.26 Å². The maximum Gasteiger partial charge on any atom is 0.135 e. The van der Waals surface area contributed by atoms with Gasteiger partial charge in [-0.05, 0) is 57.0 Å². The number of rotatable bonds is 3. The highest BCUT2D eigenvalue weighted by atomic mass is 79.9. The van der Waals surface area contributed by atoms with Gasteiger partial charge in [0.1, 0.15) is 11.6 Å². The molecule has 1 aromatic heterocycles. The monoisotopic (exact) mass is 395 g/mol. The van der Waals surface area contributed by atoms with Gasteiger partial charge >= 0.3 is 0 Å². The second-order valence-electron chi connectivity index (χ2n) is 4.09. The summed E-state index contributed by atoms with van der Waals surface area (Å²) in [4.78, 5) is 4.36. The second kappa shape index (κ2) is 6.25. The molecule has 1 aromatic carbocycles. The van der Waals surface area contributed by atoms with Crippen molar-refractivity contribution in [3.05, 3.63) is 44.5 Å². The molecule has 4 nitrogen and oxygen atoms in total. The first kappa shape index (κ1) is 14.8. The molecular formula is C14H11Br2N3O. The van der Waals surface area contributed by atoms with Gasteiger partial charge in [0.05, 0.1) is 28.9 Å². The number of pyridine rings is 1. The Kier molecular flexibility index (Phi) is 4.63. The fourth-order valence-electron chi connectivity index (χ4n) is 1.72. The van der Waals surface area contributed by atoms with Crippen molar-refractivity contribution < 1.29 is 4.74 Å². The summed E-state index contributed by atoms with van der Waals surface area (Å²) in [6.07, 6.45) is 0. The van der Waals surface area contributed by atoms with Crippen LogP contribution in [-0.4, -0.2) is 12.1 Å². The summed E-state index contributed by atoms with van der Waals surface area (Å²) in [5.41, 5.74) is 2.17. The lowest BCUT2D eigenvalue weighted by molar-refractivity contribution is 0.412. The number of hydrogen-bond donors (Lipinski definition) is 1. The first-order valence-corrected chi connectivity index (χ1v) is 7.31. The Morgan fingerprint density at radius 3 is 2.60 bits per heavy atom. The van der Waals surface area contributed by atoms with Crippen LogP contribution >= 0.6 is 31.9 Å². The molecule has 0 atom stereocenters. The molecule has 0 aliphatic rings. The minimum absolute atomic E-state index is 0.570. The zero-order chi connectivity index (χ0) is 14.7. The van der Waals surface area contributed by atoms with Gasteiger partial charge in [-0.1, -0.05) is 0 Å². The number of anilines is 2. The number of nitrogens with zero attached hydrogens (tertiary/aromatic N) is 2. The van der Waals surface area contributed by atoms with Crippen molar-refractivity contribution in [1.29, 1.82) is 5.26 Å². The largest absolute Gasteiger partial charge is 0.495 e. The van der Waals surface area contributed by atoms with E-state index in [2.05, 4.69) is 48.2 Å². The Morgan fingerprint density at radius 1 is 1.20 bits per heavy atom. The fraction of sp³-hybridized carbons (Fsp3) is 0.143. The highest BCUT2D eigenvalue weighted by molar-refractivity contribution is 9.11. The van der Waals surface area contributed by atoms with Crippen LogP contribution in [0.15, 0.2) is 33.2 Å². The lowest BCUT2D eigenvalue weighted by Crippen LogP contribution is -1.98. The van der Waals surface area contributed by atoms with Gasteiger partial charge in [-0.15, -0.1) is 0 Å². The number of halogens is 2. The van der Waals surface area contributed by atoms with Crippen molar-refractivity contribution in [2.45, 2.75) is 6.92 Å². The normalized spacial score (nSPS) is 9.95. The average Bonchev–Trinajstić information content (AvgIpc) is 2.41. The van der Waals surface area contributed by atoms with Crippen LogP contribution in [0.2, 0.25) is 0 Å². The van der Waals surface area contributed by atoms with E-state index in [1.807, 2.05) is 19.1 Å². The van der Waals surface area contributed by atoms with Gasteiger partial charge in [0.2, 0.25) is 0 Å². The number of nitriles is 1. The van der Waals surface area contributed by atoms with E-state index in [0.29, 0.717) is 17.1 Å². The molecule has 0 unspecified atom stereocenters. The molecule has 0 saturated carbocycles. The van der Waals surface area contributed by atoms with Crippen molar-refractivity contribution >= 4 is 43.4 Å². The smallest absolute Gasteiger partial charge is 0.135 e. The van der Waals surface area contributed by atoms with Crippen molar-refractivity contribution in [2.24, 2.45) is 0 Å². The molecule has 0 radical (unpaired) electrons. The lowest BCUT2D eigenvalue weighted by atomic mass is 10.2. The number of methoxy groups -OCH3 is 1. The van der Waals surface area contributed by atoms with Gasteiger partial charge < -0.3 is 10.1 Å². The van der Waals surface area contributed by atoms with E-state index in [1.54, 1.807) is 19.2 Å². The van der Waals surface area contributed by atoms with Crippen LogP contribution in [0.1, 0.15) is 11.3 Å². The van der Waals surface area contributed by atoms with E-state index < -0.39 is 0 Å². The Balaban J connectivity index is 2.40. The number of aryl methyl sites for hydroxylation is 1. The van der Waals surface area contributed by atoms with Crippen molar-refractivity contribution in [2.75, 3.05) is 12.4 Å². The van der Waals surface area contributed by atoms with Gasteiger partial charge in [0.25, 0.3) is 0 Å². The maximum atomic E-state index is 8.98. The Morgan fingerprint density at radius 2 is 1.95 bits per heavy atom. The standard InChI is InChI=1S/C14H11Br2N3O/c1-8-3-9(7-17)4-14(18-8)19-12-6-13(20-2)11(16)5-10(12)15/h3-6H,1-2H3,(H,18,19). The summed E-state index contributed by atoms with van der Waals surface area (Å²) in [6, 6.07) is 9.30. The molecule has 0 amide bonds. The second-order valence-corrected chi connectivity index (χ2v) is 5.79. The Bertz CT molecular complexity index is 696. The van der Waals surface area contributed by atoms with Crippen LogP contribution < -0.4 is 10.1 Å². The summed E-state index contributed by atoms with van der Waals surface area (Å²) in [5.74, 6) is 1.33. The summed E-state index contributed by atoms with van der Waals surface area (Å²) < 4.78 is 6.99. The van der Waals surface area contributed by atoms with Crippen LogP contribution in [0.3, 0.4) is 0 Å². The first-order valence-electron chi connectivity index (χ1n) is 5.72. The van der Waals surface area contributed by atoms with Gasteiger partial charge in [-0.25, -0.2) is 4.98 Å². The summed E-state index contributed by atoms with van der Waals surface area (Å²) >= 11 is 6.90. The lowest BCUT2D eigenvalue weighted by Gasteiger charge is -2.12. The highest BCUT2D eigenvalue weighted by Crippen LogP contribution is 2.35. The van der Waals surface area contributed by atoms with Gasteiger partial charge in [0.15, 0.2) is 0 Å². The van der Waals surface area contributed by atoms with Crippen LogP contribution in [0.25, 0.3) is 0 Å². The molecule has 2 rings (SSSR count). The molecule has 0 aliphatic heterocycles. The molecule has 20 heavy (non-hydrogen) atoms. The number of hydrogen-bond acceptors (Lipinski definition) is 4. The topological polar surface area (TPSA) is 57.9 Å². The first-order chi connectivity index (χ1) is 9.53. The van der Waals surface area contributed by atoms with E-state index in [0.717, 1.165) is 20.3 Å². The summed E-state index contributed by atoms with van der Waals surface area (Å²) in [7, 11) is 1.61. The van der Waals surface area contributed by atoms with Crippen molar-refractivity contribution in [1.82, 2.24) is 4.98 Å². The van der Waals surface area contributed by atoms with E-state index in [1.165, 1.54) is 0 Å². The SMILES string of the molecule is COc1cc(Nc2cc(C#N)cc(C)n2)c(Br)cc1Br. The van der Waals surface area contributed by atoms with Crippen LogP contribution in [0.4, 0.5) is 11.5 Å². The number of aromatic nitrogens is 1. The van der Waals surface area contributed by atoms with Crippen molar-refractivity contribution in [3.8, 4) is 11.8 Å². The van der Waals surface area contributed by atoms with E-state index >= 15 is 0 Å². The van der Waals surface area contributed by atoms with Gasteiger partial charge in [-0.3, -0.25) is 0 Å². The number of ether oxygens (including phenoxy) is 1. The Labute approximate surface area is 134 Å². The van der Waals surface area contributed by atoms with Crippen molar-refractivity contribution in [3.63, 3.8) is 0 Å². The molecule has 2 aromatic rings. The molecule has 0 bridgehead atoms. The quantitative estimate of drug-likeness (QED) is 0.827. The predicted octanol–water partition coefficient (Wildman–Crippen LogP) is 4.54. The molecule has 0 fully saturated rings. The van der Waals surface area contributed by atoms with Crippen LogP contribution in [-0.2, 0) is 0 Å². The molecule has 102 valence electrons. The zero-order valence-corrected chi connectivity index (χ0v) is 14.0. The molecule has 6 heteroatoms. The predicted molar refractivity (Wildman–Crippen MR) is 85.4 cm³/mol. The molecule has 0 aliphatic carbocycles. The zero-order valence-electron chi connectivity index (χ0n) is 10.9. The third kappa shape index (κ3) is 3.30. The van der Waals surface area contributed by atoms with Gasteiger partial charge in [0, 0.05) is 16.2 Å². The summed E-state index contributed by atoms with van der Waals surface area (Å²) in [6.45, 7) is 1.85. The van der Waals surface area contributed by atoms with Crippen LogP contribution in [0, 0.1) is 18.3 Å². The van der Waals surface area contributed by atoms with E-state index in [-0.39, 0.29) is 0 Å². The average molecular weight is 397 g/mol. The highest BCUT2D eigenvalue weighted by Gasteiger charge is 2.08. The molecule has 0 saturated heterocycles. The molecule has 0 spiro atoms. The Hall–Kier alpha value is -1.58. The van der Waals surface area contributed by atoms with E-state index in [4.69, 9.17) is 10.00 Å². The third-order valence-corrected chi connectivity index (χ3v) is 3.86. The molecular weight excluding hydrogens is 386 g/mol. The fourth-order valence-corrected chi connectivity index (χ4v) is 2.97. The summed E-state index contributed by atoms with van der Waals surface area (Å²) in [5, 5.41) is 12.2. The molecule has 1 heterocycles.